The highest BCUT2D eigenvalue weighted by Gasteiger charge is 2.20. The summed E-state index contributed by atoms with van der Waals surface area (Å²) in [5.41, 5.74) is 4.59. The van der Waals surface area contributed by atoms with Crippen LogP contribution in [-0.2, 0) is 0 Å². The average molecular weight is 274 g/mol. The second kappa shape index (κ2) is 7.98. The molecular weight excluding hydrogens is 244 g/mol. The van der Waals surface area contributed by atoms with E-state index >= 15 is 0 Å². The Bertz CT molecular complexity index is 415. The standard InChI is InChI=1S/C18H30N2/c1-7-11-19-17(6)16(5)8-9-18(14(2)3)20-12-10-15(4)13-20/h8-9,15,19H,2,6-7,10-13H2,1,3-5H3/b16-8+,18-9+. The van der Waals surface area contributed by atoms with Crippen molar-refractivity contribution in [2.45, 2.75) is 40.5 Å². The molecule has 1 saturated heterocycles. The first-order valence-electron chi connectivity index (χ1n) is 7.68. The molecule has 2 heteroatoms. The zero-order valence-corrected chi connectivity index (χ0v) is 13.6. The predicted molar refractivity (Wildman–Crippen MR) is 89.4 cm³/mol. The maximum atomic E-state index is 4.12. The molecule has 2 nitrogen and oxygen atoms in total. The van der Waals surface area contributed by atoms with E-state index in [1.165, 1.54) is 17.7 Å². The Morgan fingerprint density at radius 1 is 1.30 bits per heavy atom. The van der Waals surface area contributed by atoms with E-state index in [4.69, 9.17) is 0 Å². The maximum absolute atomic E-state index is 4.12. The summed E-state index contributed by atoms with van der Waals surface area (Å²) < 4.78 is 0. The van der Waals surface area contributed by atoms with Gasteiger partial charge in [0.15, 0.2) is 0 Å². The minimum atomic E-state index is 0.781. The van der Waals surface area contributed by atoms with Gasteiger partial charge in [-0.2, -0.15) is 0 Å². The quantitative estimate of drug-likeness (QED) is 0.698. The first-order valence-corrected chi connectivity index (χ1v) is 7.68. The number of allylic oxidation sites excluding steroid dienone is 4. The summed E-state index contributed by atoms with van der Waals surface area (Å²) in [5.74, 6) is 0.781. The summed E-state index contributed by atoms with van der Waals surface area (Å²) in [4.78, 5) is 2.44. The van der Waals surface area contributed by atoms with E-state index in [0.717, 1.165) is 43.2 Å². The van der Waals surface area contributed by atoms with Crippen LogP contribution in [0.5, 0.6) is 0 Å². The molecule has 0 spiro atoms. The molecule has 1 heterocycles. The largest absolute Gasteiger partial charge is 0.385 e. The van der Waals surface area contributed by atoms with Gasteiger partial charge in [0.2, 0.25) is 0 Å². The van der Waals surface area contributed by atoms with E-state index in [1.807, 2.05) is 0 Å². The van der Waals surface area contributed by atoms with Crippen molar-refractivity contribution in [2.75, 3.05) is 19.6 Å². The van der Waals surface area contributed by atoms with Gasteiger partial charge < -0.3 is 10.2 Å². The number of likely N-dealkylation sites (tertiary alicyclic amines) is 1. The summed E-state index contributed by atoms with van der Waals surface area (Å²) in [7, 11) is 0. The van der Waals surface area contributed by atoms with Crippen LogP contribution in [0.1, 0.15) is 40.5 Å². The maximum Gasteiger partial charge on any atom is 0.0390 e. The van der Waals surface area contributed by atoms with Crippen molar-refractivity contribution < 1.29 is 0 Å². The van der Waals surface area contributed by atoms with Crippen LogP contribution in [0.15, 0.2) is 47.9 Å². The van der Waals surface area contributed by atoms with E-state index in [1.54, 1.807) is 0 Å². The van der Waals surface area contributed by atoms with Crippen molar-refractivity contribution >= 4 is 0 Å². The molecule has 0 saturated carbocycles. The molecule has 1 aliphatic rings. The van der Waals surface area contributed by atoms with Crippen molar-refractivity contribution in [3.05, 3.63) is 47.9 Å². The third kappa shape index (κ3) is 4.92. The minimum absolute atomic E-state index is 0.781. The normalized spacial score (nSPS) is 20.2. The number of rotatable bonds is 7. The molecule has 1 atom stereocenters. The SMILES string of the molecule is C=C(NCCC)/C(C)=C/C=C(\C(=C)C)N1CCC(C)C1. The summed E-state index contributed by atoms with van der Waals surface area (Å²) >= 11 is 0. The summed E-state index contributed by atoms with van der Waals surface area (Å²) in [5, 5.41) is 3.33. The van der Waals surface area contributed by atoms with E-state index in [9.17, 15) is 0 Å². The van der Waals surface area contributed by atoms with Gasteiger partial charge in [-0.1, -0.05) is 33.1 Å². The molecule has 1 aliphatic heterocycles. The van der Waals surface area contributed by atoms with E-state index in [-0.39, 0.29) is 0 Å². The molecule has 1 unspecified atom stereocenters. The predicted octanol–water partition coefficient (Wildman–Crippen LogP) is 4.25. The summed E-state index contributed by atoms with van der Waals surface area (Å²) in [6, 6.07) is 0. The first kappa shape index (κ1) is 16.6. The molecule has 112 valence electrons. The highest BCUT2D eigenvalue weighted by atomic mass is 15.2. The van der Waals surface area contributed by atoms with Gasteiger partial charge in [0.1, 0.15) is 0 Å². The van der Waals surface area contributed by atoms with E-state index in [2.05, 4.69) is 63.2 Å². The van der Waals surface area contributed by atoms with Crippen molar-refractivity contribution in [2.24, 2.45) is 5.92 Å². The number of nitrogens with one attached hydrogen (secondary N) is 1. The Morgan fingerprint density at radius 3 is 2.50 bits per heavy atom. The van der Waals surface area contributed by atoms with Crippen LogP contribution in [-0.4, -0.2) is 24.5 Å². The second-order valence-corrected chi connectivity index (χ2v) is 5.93. The molecule has 0 amide bonds. The van der Waals surface area contributed by atoms with E-state index in [0.29, 0.717) is 0 Å². The van der Waals surface area contributed by atoms with Crippen LogP contribution in [0, 0.1) is 5.92 Å². The molecule has 0 radical (unpaired) electrons. The number of hydrogen-bond acceptors (Lipinski definition) is 2. The molecule has 0 aliphatic carbocycles. The van der Waals surface area contributed by atoms with Crippen molar-refractivity contribution in [3.8, 4) is 0 Å². The lowest BCUT2D eigenvalue weighted by atomic mass is 10.1. The van der Waals surface area contributed by atoms with Crippen LogP contribution in [0.4, 0.5) is 0 Å². The average Bonchev–Trinajstić information content (AvgIpc) is 2.81. The lowest BCUT2D eigenvalue weighted by Gasteiger charge is -2.22. The fourth-order valence-electron chi connectivity index (χ4n) is 2.39. The zero-order valence-electron chi connectivity index (χ0n) is 13.6. The fourth-order valence-corrected chi connectivity index (χ4v) is 2.39. The topological polar surface area (TPSA) is 15.3 Å². The van der Waals surface area contributed by atoms with Gasteiger partial charge in [-0.3, -0.25) is 0 Å². The minimum Gasteiger partial charge on any atom is -0.385 e. The Morgan fingerprint density at radius 2 is 2.00 bits per heavy atom. The lowest BCUT2D eigenvalue weighted by molar-refractivity contribution is 0.418. The van der Waals surface area contributed by atoms with Gasteiger partial charge in [-0.25, -0.2) is 0 Å². The Hall–Kier alpha value is -1.44. The van der Waals surface area contributed by atoms with Gasteiger partial charge in [0, 0.05) is 31.0 Å². The smallest absolute Gasteiger partial charge is 0.0390 e. The van der Waals surface area contributed by atoms with E-state index < -0.39 is 0 Å². The van der Waals surface area contributed by atoms with Crippen LogP contribution in [0.2, 0.25) is 0 Å². The molecule has 0 aromatic rings. The molecule has 0 bridgehead atoms. The molecule has 1 fully saturated rings. The molecule has 0 aromatic carbocycles. The monoisotopic (exact) mass is 274 g/mol. The van der Waals surface area contributed by atoms with Crippen LogP contribution < -0.4 is 5.32 Å². The van der Waals surface area contributed by atoms with Crippen molar-refractivity contribution in [1.29, 1.82) is 0 Å². The summed E-state index contributed by atoms with van der Waals surface area (Å²) in [6.45, 7) is 20.1. The highest BCUT2D eigenvalue weighted by Crippen LogP contribution is 2.23. The van der Waals surface area contributed by atoms with Gasteiger partial charge in [0.25, 0.3) is 0 Å². The van der Waals surface area contributed by atoms with Gasteiger partial charge in [-0.05, 0) is 49.8 Å². The molecule has 1 N–H and O–H groups in total. The first-order chi connectivity index (χ1) is 9.45. The second-order valence-electron chi connectivity index (χ2n) is 5.93. The molecule has 20 heavy (non-hydrogen) atoms. The Balaban J connectivity index is 2.76. The van der Waals surface area contributed by atoms with Gasteiger partial charge in [0.05, 0.1) is 0 Å². The highest BCUT2D eigenvalue weighted by molar-refractivity contribution is 5.35. The van der Waals surface area contributed by atoms with Gasteiger partial charge >= 0.3 is 0 Å². The number of nitrogens with zero attached hydrogens (tertiary/aromatic N) is 1. The van der Waals surface area contributed by atoms with Gasteiger partial charge in [-0.15, -0.1) is 0 Å². The molecule has 0 aromatic heterocycles. The molecular formula is C18H30N2. The third-order valence-corrected chi connectivity index (χ3v) is 3.76. The summed E-state index contributed by atoms with van der Waals surface area (Å²) in [6.07, 6.45) is 6.73. The van der Waals surface area contributed by atoms with Crippen LogP contribution in [0.25, 0.3) is 0 Å². The third-order valence-electron chi connectivity index (χ3n) is 3.76. The fraction of sp³-hybridized carbons (Fsp3) is 0.556. The van der Waals surface area contributed by atoms with Crippen LogP contribution >= 0.6 is 0 Å². The van der Waals surface area contributed by atoms with Crippen LogP contribution in [0.3, 0.4) is 0 Å². The van der Waals surface area contributed by atoms with Crippen molar-refractivity contribution in [1.82, 2.24) is 10.2 Å². The lowest BCUT2D eigenvalue weighted by Crippen LogP contribution is -2.20. The Labute approximate surface area is 124 Å². The van der Waals surface area contributed by atoms with Crippen molar-refractivity contribution in [3.63, 3.8) is 0 Å². The molecule has 1 rings (SSSR count). The zero-order chi connectivity index (χ0) is 15.1. The Kier molecular flexibility index (Phi) is 6.63. The number of hydrogen-bond donors (Lipinski definition) is 1.